The van der Waals surface area contributed by atoms with Crippen LogP contribution in [0.15, 0.2) is 24.3 Å². The molecule has 37 heavy (non-hydrogen) atoms. The van der Waals surface area contributed by atoms with Gasteiger partial charge in [-0.3, -0.25) is 14.4 Å². The molecule has 2 unspecified atom stereocenters. The largest absolute Gasteiger partial charge is 0.394 e. The van der Waals surface area contributed by atoms with Gasteiger partial charge in [0, 0.05) is 7.05 Å². The molecule has 3 amide bonds. The van der Waals surface area contributed by atoms with E-state index in [1.165, 1.54) is 4.90 Å². The second kappa shape index (κ2) is 9.36. The first-order valence-corrected chi connectivity index (χ1v) is 13.1. The number of ether oxygens (including phenoxy) is 1. The molecule has 0 saturated carbocycles. The van der Waals surface area contributed by atoms with Crippen LogP contribution >= 0.6 is 0 Å². The summed E-state index contributed by atoms with van der Waals surface area (Å²) >= 11 is 0. The van der Waals surface area contributed by atoms with Gasteiger partial charge in [-0.2, -0.15) is 0 Å². The molecule has 2 aromatic rings. The lowest BCUT2D eigenvalue weighted by Gasteiger charge is -2.37. The number of aliphatic hydroxyl groups excluding tert-OH is 1. The molecule has 3 aliphatic rings. The molecule has 0 radical (unpaired) electrons. The second-order valence-electron chi connectivity index (χ2n) is 10.9. The molecule has 11 heteroatoms. The molecular weight excluding hydrogens is 476 g/mol. The number of likely N-dealkylation sites (tertiary alicyclic amines) is 1. The molecule has 5 rings (SSSR count). The standard InChI is InChI=1S/C26H36N6O5/c1-5-25-10-11-26(37-25)20(19(25)22(34)27-4)24(36)32(16(13-33)12-15(2)3)21(26)23(35)28-14-31-18-9-7-6-8-17(18)29-30-31/h6-9,15-16,19-21,33H,5,10-14H2,1-4H3,(H,27,34)(H,28,35)/t16-,19-,20+,21?,25+,26?/m1/s1. The predicted molar refractivity (Wildman–Crippen MR) is 134 cm³/mol. The molecule has 1 spiro atoms. The maximum atomic E-state index is 14.1. The van der Waals surface area contributed by atoms with Crippen LogP contribution in [0.4, 0.5) is 0 Å². The Labute approximate surface area is 215 Å². The Balaban J connectivity index is 1.52. The van der Waals surface area contributed by atoms with Gasteiger partial charge in [-0.25, -0.2) is 4.68 Å². The third-order valence-corrected chi connectivity index (χ3v) is 8.57. The lowest BCUT2D eigenvalue weighted by Crippen LogP contribution is -2.58. The minimum Gasteiger partial charge on any atom is -0.394 e. The summed E-state index contributed by atoms with van der Waals surface area (Å²) in [6.45, 7) is 5.75. The monoisotopic (exact) mass is 512 g/mol. The van der Waals surface area contributed by atoms with Gasteiger partial charge in [-0.05, 0) is 43.7 Å². The van der Waals surface area contributed by atoms with Crippen molar-refractivity contribution in [2.45, 2.75) is 76.4 Å². The van der Waals surface area contributed by atoms with Crippen LogP contribution in [0.2, 0.25) is 0 Å². The first-order chi connectivity index (χ1) is 17.7. The second-order valence-corrected chi connectivity index (χ2v) is 10.9. The van der Waals surface area contributed by atoms with Crippen molar-refractivity contribution in [1.82, 2.24) is 30.5 Å². The molecule has 1 aromatic heterocycles. The Morgan fingerprint density at radius 1 is 1.24 bits per heavy atom. The highest BCUT2D eigenvalue weighted by Crippen LogP contribution is 2.64. The zero-order chi connectivity index (χ0) is 26.5. The van der Waals surface area contributed by atoms with Crippen molar-refractivity contribution in [3.8, 4) is 0 Å². The normalized spacial score (nSPS) is 31.2. The van der Waals surface area contributed by atoms with Gasteiger partial charge >= 0.3 is 0 Å². The van der Waals surface area contributed by atoms with Crippen molar-refractivity contribution in [3.63, 3.8) is 0 Å². The molecule has 3 aliphatic heterocycles. The van der Waals surface area contributed by atoms with Gasteiger partial charge < -0.3 is 25.4 Å². The van der Waals surface area contributed by atoms with Crippen LogP contribution in [0.3, 0.4) is 0 Å². The number of rotatable bonds is 9. The van der Waals surface area contributed by atoms with Gasteiger partial charge in [0.25, 0.3) is 0 Å². The highest BCUT2D eigenvalue weighted by molar-refractivity contribution is 5.99. The summed E-state index contributed by atoms with van der Waals surface area (Å²) in [5.41, 5.74) is -0.446. The number of aliphatic hydroxyl groups is 1. The molecule has 4 heterocycles. The zero-order valence-corrected chi connectivity index (χ0v) is 21.8. The number of carbonyl (C=O) groups excluding carboxylic acids is 3. The van der Waals surface area contributed by atoms with Crippen molar-refractivity contribution >= 4 is 28.8 Å². The summed E-state index contributed by atoms with van der Waals surface area (Å²) in [5, 5.41) is 24.3. The summed E-state index contributed by atoms with van der Waals surface area (Å²) < 4.78 is 8.29. The number of fused-ring (bicyclic) bond motifs is 2. The molecule has 1 aromatic carbocycles. The van der Waals surface area contributed by atoms with Crippen LogP contribution in [-0.2, 0) is 25.8 Å². The van der Waals surface area contributed by atoms with E-state index in [0.717, 1.165) is 5.52 Å². The number of nitrogens with zero attached hydrogens (tertiary/aromatic N) is 4. The van der Waals surface area contributed by atoms with Crippen LogP contribution in [0.5, 0.6) is 0 Å². The average molecular weight is 513 g/mol. The fraction of sp³-hybridized carbons (Fsp3) is 0.654. The van der Waals surface area contributed by atoms with E-state index in [4.69, 9.17) is 4.74 Å². The molecule has 0 aliphatic carbocycles. The summed E-state index contributed by atoms with van der Waals surface area (Å²) in [6.07, 6.45) is 2.16. The Hall–Kier alpha value is -3.05. The van der Waals surface area contributed by atoms with Gasteiger partial charge in [0.15, 0.2) is 0 Å². The first kappa shape index (κ1) is 25.6. The number of hydrogen-bond acceptors (Lipinski definition) is 7. The van der Waals surface area contributed by atoms with Crippen LogP contribution in [0.25, 0.3) is 11.0 Å². The average Bonchev–Trinajstić information content (AvgIpc) is 3.62. The smallest absolute Gasteiger partial charge is 0.247 e. The topological polar surface area (TPSA) is 139 Å². The van der Waals surface area contributed by atoms with E-state index in [0.29, 0.717) is 31.2 Å². The van der Waals surface area contributed by atoms with Crippen molar-refractivity contribution < 1.29 is 24.2 Å². The molecule has 3 N–H and O–H groups in total. The SMILES string of the molecule is CC[C@@]12CCC3(O1)C(C(=O)NCn1nnc4ccccc41)N([C@@H](CO)CC(C)C)C(=O)[C@@H]3[C@@H]2C(=O)NC. The van der Waals surface area contributed by atoms with Crippen molar-refractivity contribution in [1.29, 1.82) is 0 Å². The maximum absolute atomic E-state index is 14.1. The number of benzene rings is 1. The molecule has 200 valence electrons. The van der Waals surface area contributed by atoms with E-state index < -0.39 is 35.1 Å². The van der Waals surface area contributed by atoms with Crippen molar-refractivity contribution in [3.05, 3.63) is 24.3 Å². The quantitative estimate of drug-likeness (QED) is 0.452. The molecule has 6 atom stereocenters. The Bertz CT molecular complexity index is 1220. The summed E-state index contributed by atoms with van der Waals surface area (Å²) in [5.74, 6) is -2.23. The van der Waals surface area contributed by atoms with E-state index >= 15 is 0 Å². The van der Waals surface area contributed by atoms with Gasteiger partial charge in [0.05, 0.1) is 35.6 Å². The predicted octanol–water partition coefficient (Wildman–Crippen LogP) is 0.813. The maximum Gasteiger partial charge on any atom is 0.247 e. The fourth-order valence-electron chi connectivity index (χ4n) is 7.01. The lowest BCUT2D eigenvalue weighted by atomic mass is 9.65. The molecule has 3 saturated heterocycles. The molecule has 3 fully saturated rings. The minimum atomic E-state index is -1.14. The number of nitrogens with one attached hydrogen (secondary N) is 2. The summed E-state index contributed by atoms with van der Waals surface area (Å²) in [6, 6.07) is 5.90. The van der Waals surface area contributed by atoms with Crippen LogP contribution < -0.4 is 10.6 Å². The number of hydrogen-bond donors (Lipinski definition) is 3. The Kier molecular flexibility index (Phi) is 6.47. The fourth-order valence-corrected chi connectivity index (χ4v) is 7.01. The van der Waals surface area contributed by atoms with E-state index in [1.54, 1.807) is 11.7 Å². The van der Waals surface area contributed by atoms with Gasteiger partial charge in [0.2, 0.25) is 17.7 Å². The molecule has 2 bridgehead atoms. The van der Waals surface area contributed by atoms with E-state index in [9.17, 15) is 19.5 Å². The Morgan fingerprint density at radius 2 is 2.00 bits per heavy atom. The van der Waals surface area contributed by atoms with Crippen molar-refractivity contribution in [2.75, 3.05) is 13.7 Å². The number of amides is 3. The van der Waals surface area contributed by atoms with Crippen molar-refractivity contribution in [2.24, 2.45) is 17.8 Å². The number of para-hydroxylation sites is 1. The van der Waals surface area contributed by atoms with E-state index in [-0.39, 0.29) is 36.9 Å². The first-order valence-electron chi connectivity index (χ1n) is 13.1. The number of aromatic nitrogens is 3. The van der Waals surface area contributed by atoms with E-state index in [2.05, 4.69) is 20.9 Å². The molecule has 11 nitrogen and oxygen atoms in total. The van der Waals surface area contributed by atoms with E-state index in [1.807, 2.05) is 45.0 Å². The minimum absolute atomic E-state index is 0.0599. The van der Waals surface area contributed by atoms with Gasteiger partial charge in [0.1, 0.15) is 23.8 Å². The number of carbonyl (C=O) groups is 3. The summed E-state index contributed by atoms with van der Waals surface area (Å²) in [7, 11) is 1.56. The third kappa shape index (κ3) is 3.73. The van der Waals surface area contributed by atoms with Crippen LogP contribution in [-0.4, -0.2) is 79.7 Å². The van der Waals surface area contributed by atoms with Crippen LogP contribution in [0.1, 0.15) is 46.5 Å². The third-order valence-electron chi connectivity index (χ3n) is 8.57. The van der Waals surface area contributed by atoms with Gasteiger partial charge in [-0.1, -0.05) is 38.1 Å². The molecular formula is C26H36N6O5. The lowest BCUT2D eigenvalue weighted by molar-refractivity contribution is -0.151. The highest BCUT2D eigenvalue weighted by atomic mass is 16.5. The zero-order valence-electron chi connectivity index (χ0n) is 21.8. The summed E-state index contributed by atoms with van der Waals surface area (Å²) in [4.78, 5) is 42.7. The Morgan fingerprint density at radius 3 is 2.68 bits per heavy atom. The van der Waals surface area contributed by atoms with Crippen LogP contribution in [0, 0.1) is 17.8 Å². The highest BCUT2D eigenvalue weighted by Gasteiger charge is 2.79. The van der Waals surface area contributed by atoms with Gasteiger partial charge in [-0.15, -0.1) is 5.10 Å².